The third-order valence-electron chi connectivity index (χ3n) is 4.73. The van der Waals surface area contributed by atoms with Gasteiger partial charge in [-0.1, -0.05) is 12.1 Å². The standard InChI is InChI=1S/C19H30N4O3/c1-23(2)13-12-21-17(24)16-6-4-15(5-7-16)14-22-18(25)19(26-3)8-10-20-11-9-19/h4-7,20H,8-14H2,1-3H3,(H,21,24)(H,22,25). The molecule has 0 radical (unpaired) electrons. The molecule has 144 valence electrons. The molecule has 0 atom stereocenters. The van der Waals surface area contributed by atoms with Crippen LogP contribution >= 0.6 is 0 Å². The molecule has 0 unspecified atom stereocenters. The van der Waals surface area contributed by atoms with Gasteiger partial charge in [0.25, 0.3) is 11.8 Å². The monoisotopic (exact) mass is 362 g/mol. The van der Waals surface area contributed by atoms with Gasteiger partial charge in [-0.25, -0.2) is 0 Å². The normalized spacial score (nSPS) is 16.3. The Kier molecular flexibility index (Phi) is 7.56. The third kappa shape index (κ3) is 5.52. The summed E-state index contributed by atoms with van der Waals surface area (Å²) in [6.07, 6.45) is 1.34. The number of hydrogen-bond donors (Lipinski definition) is 3. The largest absolute Gasteiger partial charge is 0.368 e. The summed E-state index contributed by atoms with van der Waals surface area (Å²) in [5, 5.41) is 9.08. The van der Waals surface area contributed by atoms with Gasteiger partial charge in [0.1, 0.15) is 5.60 Å². The average Bonchev–Trinajstić information content (AvgIpc) is 2.66. The van der Waals surface area contributed by atoms with Crippen molar-refractivity contribution in [2.45, 2.75) is 25.0 Å². The van der Waals surface area contributed by atoms with Crippen molar-refractivity contribution in [1.82, 2.24) is 20.9 Å². The fourth-order valence-corrected chi connectivity index (χ4v) is 2.97. The van der Waals surface area contributed by atoms with Crippen LogP contribution in [0.1, 0.15) is 28.8 Å². The summed E-state index contributed by atoms with van der Waals surface area (Å²) in [6.45, 7) is 3.38. The Morgan fingerprint density at radius 1 is 1.15 bits per heavy atom. The summed E-state index contributed by atoms with van der Waals surface area (Å²) in [6, 6.07) is 7.29. The number of carbonyl (C=O) groups excluding carboxylic acids is 2. The number of likely N-dealkylation sites (N-methyl/N-ethyl adjacent to an activating group) is 1. The first-order valence-corrected chi connectivity index (χ1v) is 9.03. The van der Waals surface area contributed by atoms with E-state index in [0.29, 0.717) is 31.5 Å². The van der Waals surface area contributed by atoms with E-state index in [1.807, 2.05) is 31.1 Å². The summed E-state index contributed by atoms with van der Waals surface area (Å²) in [5.41, 5.74) is 0.825. The molecule has 26 heavy (non-hydrogen) atoms. The number of hydrogen-bond acceptors (Lipinski definition) is 5. The van der Waals surface area contributed by atoms with Crippen molar-refractivity contribution in [3.63, 3.8) is 0 Å². The first kappa shape index (κ1) is 20.4. The smallest absolute Gasteiger partial charge is 0.252 e. The quantitative estimate of drug-likeness (QED) is 0.622. The van der Waals surface area contributed by atoms with Crippen molar-refractivity contribution in [2.24, 2.45) is 0 Å². The predicted octanol–water partition coefficient (Wildman–Crippen LogP) is 0.363. The molecule has 7 nitrogen and oxygen atoms in total. The Labute approximate surface area is 155 Å². The van der Waals surface area contributed by atoms with Gasteiger partial charge in [-0.05, 0) is 57.7 Å². The van der Waals surface area contributed by atoms with Gasteiger partial charge in [0.2, 0.25) is 0 Å². The van der Waals surface area contributed by atoms with Crippen LogP contribution in [0.15, 0.2) is 24.3 Å². The van der Waals surface area contributed by atoms with E-state index in [4.69, 9.17) is 4.74 Å². The molecule has 0 bridgehead atoms. The van der Waals surface area contributed by atoms with Crippen LogP contribution in [0, 0.1) is 0 Å². The molecule has 1 fully saturated rings. The lowest BCUT2D eigenvalue weighted by atomic mass is 9.91. The maximum atomic E-state index is 12.5. The number of amides is 2. The number of methoxy groups -OCH3 is 1. The summed E-state index contributed by atoms with van der Waals surface area (Å²) in [7, 11) is 5.52. The fraction of sp³-hybridized carbons (Fsp3) is 0.579. The second-order valence-electron chi connectivity index (χ2n) is 6.89. The Hall–Kier alpha value is -1.96. The SMILES string of the molecule is COC1(C(=O)NCc2ccc(C(=O)NCCN(C)C)cc2)CCNCC1. The van der Waals surface area contributed by atoms with Gasteiger partial charge in [0.05, 0.1) is 0 Å². The van der Waals surface area contributed by atoms with Gasteiger partial charge in [0, 0.05) is 32.3 Å². The Morgan fingerprint density at radius 3 is 2.38 bits per heavy atom. The van der Waals surface area contributed by atoms with Crippen LogP contribution in [-0.4, -0.2) is 69.7 Å². The zero-order valence-electron chi connectivity index (χ0n) is 15.9. The number of benzene rings is 1. The van der Waals surface area contributed by atoms with Gasteiger partial charge in [-0.15, -0.1) is 0 Å². The van der Waals surface area contributed by atoms with Gasteiger partial charge < -0.3 is 25.6 Å². The zero-order chi connectivity index (χ0) is 19.0. The van der Waals surface area contributed by atoms with E-state index >= 15 is 0 Å². The van der Waals surface area contributed by atoms with Crippen LogP contribution in [0.5, 0.6) is 0 Å². The minimum absolute atomic E-state index is 0.0768. The minimum Gasteiger partial charge on any atom is -0.368 e. The lowest BCUT2D eigenvalue weighted by molar-refractivity contribution is -0.146. The molecular formula is C19H30N4O3. The average molecular weight is 362 g/mol. The number of piperidine rings is 1. The summed E-state index contributed by atoms with van der Waals surface area (Å²) >= 11 is 0. The minimum atomic E-state index is -0.739. The molecule has 7 heteroatoms. The van der Waals surface area contributed by atoms with E-state index in [9.17, 15) is 9.59 Å². The van der Waals surface area contributed by atoms with Crippen molar-refractivity contribution in [2.75, 3.05) is 47.4 Å². The molecule has 1 aromatic carbocycles. The first-order valence-electron chi connectivity index (χ1n) is 9.03. The molecular weight excluding hydrogens is 332 g/mol. The van der Waals surface area contributed by atoms with Crippen molar-refractivity contribution in [1.29, 1.82) is 0 Å². The number of ether oxygens (including phenoxy) is 1. The van der Waals surface area contributed by atoms with Gasteiger partial charge in [-0.3, -0.25) is 9.59 Å². The highest BCUT2D eigenvalue weighted by molar-refractivity contribution is 5.94. The number of rotatable bonds is 8. The molecule has 1 heterocycles. The second-order valence-corrected chi connectivity index (χ2v) is 6.89. The molecule has 3 N–H and O–H groups in total. The fourth-order valence-electron chi connectivity index (χ4n) is 2.97. The maximum absolute atomic E-state index is 12.5. The van der Waals surface area contributed by atoms with Crippen molar-refractivity contribution in [3.8, 4) is 0 Å². The van der Waals surface area contributed by atoms with Crippen LogP contribution in [-0.2, 0) is 16.1 Å². The van der Waals surface area contributed by atoms with Crippen LogP contribution in [0.3, 0.4) is 0 Å². The number of carbonyl (C=O) groups is 2. The van der Waals surface area contributed by atoms with E-state index in [2.05, 4.69) is 16.0 Å². The molecule has 1 aliphatic heterocycles. The molecule has 1 saturated heterocycles. The second kappa shape index (κ2) is 9.66. The predicted molar refractivity (Wildman–Crippen MR) is 101 cm³/mol. The molecule has 0 aromatic heterocycles. The van der Waals surface area contributed by atoms with Gasteiger partial charge in [-0.2, -0.15) is 0 Å². The van der Waals surface area contributed by atoms with Crippen molar-refractivity contribution in [3.05, 3.63) is 35.4 Å². The highest BCUT2D eigenvalue weighted by atomic mass is 16.5. The summed E-state index contributed by atoms with van der Waals surface area (Å²) in [4.78, 5) is 26.6. The summed E-state index contributed by atoms with van der Waals surface area (Å²) < 4.78 is 5.53. The van der Waals surface area contributed by atoms with Crippen LogP contribution in [0.25, 0.3) is 0 Å². The zero-order valence-corrected chi connectivity index (χ0v) is 15.9. The maximum Gasteiger partial charge on any atom is 0.252 e. The lowest BCUT2D eigenvalue weighted by Crippen LogP contribution is -2.53. The number of nitrogens with zero attached hydrogens (tertiary/aromatic N) is 1. The lowest BCUT2D eigenvalue weighted by Gasteiger charge is -2.34. The van der Waals surface area contributed by atoms with Gasteiger partial charge >= 0.3 is 0 Å². The van der Waals surface area contributed by atoms with Crippen molar-refractivity contribution < 1.29 is 14.3 Å². The van der Waals surface area contributed by atoms with E-state index in [-0.39, 0.29) is 11.8 Å². The van der Waals surface area contributed by atoms with Crippen LogP contribution in [0.2, 0.25) is 0 Å². The Bertz CT molecular complexity index is 595. The Balaban J connectivity index is 1.85. The highest BCUT2D eigenvalue weighted by Crippen LogP contribution is 2.22. The third-order valence-corrected chi connectivity index (χ3v) is 4.73. The Morgan fingerprint density at radius 2 is 1.81 bits per heavy atom. The van der Waals surface area contributed by atoms with Crippen LogP contribution < -0.4 is 16.0 Å². The van der Waals surface area contributed by atoms with Crippen molar-refractivity contribution >= 4 is 11.8 Å². The van der Waals surface area contributed by atoms with E-state index in [1.165, 1.54) is 0 Å². The molecule has 2 amide bonds. The molecule has 0 spiro atoms. The highest BCUT2D eigenvalue weighted by Gasteiger charge is 2.39. The van der Waals surface area contributed by atoms with Gasteiger partial charge in [0.15, 0.2) is 0 Å². The first-order chi connectivity index (χ1) is 12.5. The van der Waals surface area contributed by atoms with E-state index in [1.54, 1.807) is 19.2 Å². The molecule has 1 aromatic rings. The molecule has 2 rings (SSSR count). The van der Waals surface area contributed by atoms with E-state index in [0.717, 1.165) is 25.2 Å². The topological polar surface area (TPSA) is 82.7 Å². The molecule has 0 aliphatic carbocycles. The molecule has 1 aliphatic rings. The summed E-state index contributed by atoms with van der Waals surface area (Å²) in [5.74, 6) is -0.164. The van der Waals surface area contributed by atoms with Crippen LogP contribution in [0.4, 0.5) is 0 Å². The molecule has 0 saturated carbocycles. The number of nitrogens with one attached hydrogen (secondary N) is 3. The van der Waals surface area contributed by atoms with E-state index < -0.39 is 5.60 Å².